The average Bonchev–Trinajstić information content (AvgIpc) is 3.45. The third-order valence-electron chi connectivity index (χ3n) is 6.60. The molecule has 2 amide bonds. The van der Waals surface area contributed by atoms with E-state index in [0.29, 0.717) is 46.9 Å². The highest BCUT2D eigenvalue weighted by molar-refractivity contribution is 7.99. The van der Waals surface area contributed by atoms with Gasteiger partial charge in [0.25, 0.3) is 5.91 Å². The lowest BCUT2D eigenvalue weighted by Crippen LogP contribution is -2.30. The molecule has 0 saturated heterocycles. The van der Waals surface area contributed by atoms with E-state index in [4.69, 9.17) is 9.47 Å². The van der Waals surface area contributed by atoms with E-state index in [9.17, 15) is 18.0 Å². The average molecular weight is 639 g/mol. The maximum Gasteiger partial charge on any atom is 0.251 e. The molecule has 0 aliphatic carbocycles. The number of carbonyl (C=O) groups is 2. The summed E-state index contributed by atoms with van der Waals surface area (Å²) >= 11 is 1.18. The first-order chi connectivity index (χ1) is 21.2. The number of nitrogens with one attached hydrogen (secondary N) is 2. The number of methoxy groups -OCH3 is 2. The van der Waals surface area contributed by atoms with E-state index in [2.05, 4.69) is 20.8 Å². The standard InChI is InChI=1S/C30H34N6O6S2/c1-5-35(6-2)44(39,40)24-17-11-21(12-18-24)29(38)31-19-27-33-34-30(36(27)25-9-7-8-10-26(25)42-4)43-20-28(37)32-22-13-15-23(41-3)16-14-22/h7-18H,5-6,19-20H2,1-4H3,(H,31,38)(H,32,37). The maximum atomic E-state index is 13.0. The number of hydrogen-bond acceptors (Lipinski definition) is 9. The van der Waals surface area contributed by atoms with Gasteiger partial charge in [0.1, 0.15) is 11.5 Å². The van der Waals surface area contributed by atoms with Crippen molar-refractivity contribution in [3.05, 3.63) is 84.2 Å². The van der Waals surface area contributed by atoms with Gasteiger partial charge in [-0.25, -0.2) is 8.42 Å². The molecule has 0 bridgehead atoms. The number of amides is 2. The summed E-state index contributed by atoms with van der Waals surface area (Å²) in [5.41, 5.74) is 1.55. The van der Waals surface area contributed by atoms with Gasteiger partial charge in [-0.05, 0) is 60.7 Å². The summed E-state index contributed by atoms with van der Waals surface area (Å²) in [4.78, 5) is 25.8. The van der Waals surface area contributed by atoms with Crippen molar-refractivity contribution in [1.29, 1.82) is 0 Å². The maximum absolute atomic E-state index is 13.0. The van der Waals surface area contributed by atoms with Crippen LogP contribution >= 0.6 is 11.8 Å². The van der Waals surface area contributed by atoms with Gasteiger partial charge in [-0.3, -0.25) is 14.2 Å². The fraction of sp³-hybridized carbons (Fsp3) is 0.267. The van der Waals surface area contributed by atoms with E-state index >= 15 is 0 Å². The Hall–Kier alpha value is -4.40. The van der Waals surface area contributed by atoms with Gasteiger partial charge in [0.05, 0.1) is 37.1 Å². The van der Waals surface area contributed by atoms with Crippen LogP contribution in [0.5, 0.6) is 11.5 Å². The largest absolute Gasteiger partial charge is 0.497 e. The Morgan fingerprint density at radius 1 is 0.909 bits per heavy atom. The van der Waals surface area contributed by atoms with Crippen molar-refractivity contribution in [2.75, 3.05) is 38.4 Å². The van der Waals surface area contributed by atoms with Crippen molar-refractivity contribution in [3.63, 3.8) is 0 Å². The Morgan fingerprint density at radius 3 is 2.23 bits per heavy atom. The molecule has 4 rings (SSSR count). The molecule has 1 aromatic heterocycles. The number of carbonyl (C=O) groups excluding carboxylic acids is 2. The van der Waals surface area contributed by atoms with E-state index in [-0.39, 0.29) is 28.7 Å². The number of ether oxygens (including phenoxy) is 2. The van der Waals surface area contributed by atoms with Crippen molar-refractivity contribution in [3.8, 4) is 17.2 Å². The van der Waals surface area contributed by atoms with Crippen LogP contribution in [0.2, 0.25) is 0 Å². The molecule has 232 valence electrons. The lowest BCUT2D eigenvalue weighted by molar-refractivity contribution is -0.113. The molecular weight excluding hydrogens is 605 g/mol. The summed E-state index contributed by atoms with van der Waals surface area (Å²) in [6.45, 7) is 4.24. The van der Waals surface area contributed by atoms with Crippen LogP contribution < -0.4 is 20.1 Å². The second-order valence-electron chi connectivity index (χ2n) is 9.27. The molecule has 0 radical (unpaired) electrons. The zero-order valence-electron chi connectivity index (χ0n) is 24.8. The number of benzene rings is 3. The first kappa shape index (κ1) is 32.5. The minimum atomic E-state index is -3.64. The van der Waals surface area contributed by atoms with E-state index in [1.165, 1.54) is 40.3 Å². The number of anilines is 1. The lowest BCUT2D eigenvalue weighted by atomic mass is 10.2. The van der Waals surface area contributed by atoms with Crippen LogP contribution in [0.1, 0.15) is 30.0 Å². The molecule has 12 nitrogen and oxygen atoms in total. The fourth-order valence-corrected chi connectivity index (χ4v) is 6.54. The molecular formula is C30H34N6O6S2. The molecule has 1 heterocycles. The van der Waals surface area contributed by atoms with E-state index in [1.807, 2.05) is 18.2 Å². The zero-order valence-corrected chi connectivity index (χ0v) is 26.4. The minimum Gasteiger partial charge on any atom is -0.497 e. The summed E-state index contributed by atoms with van der Waals surface area (Å²) in [6, 6.07) is 20.1. The topological polar surface area (TPSA) is 145 Å². The molecule has 0 aliphatic heterocycles. The van der Waals surface area contributed by atoms with Gasteiger partial charge in [-0.2, -0.15) is 4.31 Å². The van der Waals surface area contributed by atoms with Gasteiger partial charge >= 0.3 is 0 Å². The Bertz CT molecular complexity index is 1690. The van der Waals surface area contributed by atoms with Gasteiger partial charge in [0.15, 0.2) is 11.0 Å². The summed E-state index contributed by atoms with van der Waals surface area (Å²) in [7, 11) is -0.522. The monoisotopic (exact) mass is 638 g/mol. The Morgan fingerprint density at radius 2 is 1.59 bits per heavy atom. The molecule has 0 saturated carbocycles. The Kier molecular flexibility index (Phi) is 11.0. The van der Waals surface area contributed by atoms with Crippen molar-refractivity contribution in [2.45, 2.75) is 30.4 Å². The molecule has 4 aromatic rings. The number of thioether (sulfide) groups is 1. The third kappa shape index (κ3) is 7.56. The summed E-state index contributed by atoms with van der Waals surface area (Å²) < 4.78 is 39.4. The third-order valence-corrected chi connectivity index (χ3v) is 9.59. The quantitative estimate of drug-likeness (QED) is 0.196. The van der Waals surface area contributed by atoms with Crippen molar-refractivity contribution in [1.82, 2.24) is 24.4 Å². The smallest absolute Gasteiger partial charge is 0.251 e. The number of para-hydroxylation sites is 2. The Labute approximate surface area is 260 Å². The molecule has 3 aromatic carbocycles. The van der Waals surface area contributed by atoms with Crippen molar-refractivity contribution in [2.24, 2.45) is 0 Å². The number of nitrogens with zero attached hydrogens (tertiary/aromatic N) is 4. The van der Waals surface area contributed by atoms with Crippen LogP contribution in [0, 0.1) is 0 Å². The van der Waals surface area contributed by atoms with Crippen LogP contribution in [-0.4, -0.2) is 72.4 Å². The van der Waals surface area contributed by atoms with Gasteiger partial charge in [0, 0.05) is 24.3 Å². The number of sulfonamides is 1. The second-order valence-corrected chi connectivity index (χ2v) is 12.1. The number of hydrogen-bond donors (Lipinski definition) is 2. The molecule has 44 heavy (non-hydrogen) atoms. The van der Waals surface area contributed by atoms with Gasteiger partial charge in [-0.1, -0.05) is 37.7 Å². The van der Waals surface area contributed by atoms with Crippen LogP contribution in [0.3, 0.4) is 0 Å². The highest BCUT2D eigenvalue weighted by Crippen LogP contribution is 2.29. The highest BCUT2D eigenvalue weighted by atomic mass is 32.2. The SMILES string of the molecule is CCN(CC)S(=O)(=O)c1ccc(C(=O)NCc2nnc(SCC(=O)Nc3ccc(OC)cc3)n2-c2ccccc2OC)cc1. The normalized spacial score (nSPS) is 11.3. The summed E-state index contributed by atoms with van der Waals surface area (Å²) in [6.07, 6.45) is 0. The summed E-state index contributed by atoms with van der Waals surface area (Å²) in [5, 5.41) is 14.7. The Balaban J connectivity index is 1.50. The van der Waals surface area contributed by atoms with Crippen LogP contribution in [0.15, 0.2) is 82.8 Å². The number of rotatable bonds is 14. The lowest BCUT2D eigenvalue weighted by Gasteiger charge is -2.18. The fourth-order valence-electron chi connectivity index (χ4n) is 4.32. The molecule has 0 fully saturated rings. The molecule has 0 spiro atoms. The number of aromatic nitrogens is 3. The van der Waals surface area contributed by atoms with Crippen molar-refractivity contribution >= 4 is 39.3 Å². The van der Waals surface area contributed by atoms with Gasteiger partial charge < -0.3 is 20.1 Å². The second kappa shape index (κ2) is 14.9. The molecule has 0 aliphatic rings. The van der Waals surface area contributed by atoms with Crippen LogP contribution in [-0.2, 0) is 21.4 Å². The van der Waals surface area contributed by atoms with Gasteiger partial charge in [-0.15, -0.1) is 10.2 Å². The van der Waals surface area contributed by atoms with Crippen LogP contribution in [0.25, 0.3) is 5.69 Å². The first-order valence-electron chi connectivity index (χ1n) is 13.7. The van der Waals surface area contributed by atoms with Gasteiger partial charge in [0.2, 0.25) is 15.9 Å². The first-order valence-corrected chi connectivity index (χ1v) is 16.2. The molecule has 0 unspecified atom stereocenters. The minimum absolute atomic E-state index is 0.00197. The van der Waals surface area contributed by atoms with E-state index < -0.39 is 15.9 Å². The molecule has 2 N–H and O–H groups in total. The summed E-state index contributed by atoms with van der Waals surface area (Å²) in [5.74, 6) is 1.03. The predicted molar refractivity (Wildman–Crippen MR) is 168 cm³/mol. The van der Waals surface area contributed by atoms with Crippen LogP contribution in [0.4, 0.5) is 5.69 Å². The highest BCUT2D eigenvalue weighted by Gasteiger charge is 2.23. The van der Waals surface area contributed by atoms with Crippen molar-refractivity contribution < 1.29 is 27.5 Å². The predicted octanol–water partition coefficient (Wildman–Crippen LogP) is 3.98. The molecule has 14 heteroatoms. The molecule has 0 atom stereocenters. The van der Waals surface area contributed by atoms with E-state index in [1.54, 1.807) is 63.0 Å². The zero-order chi connectivity index (χ0) is 31.7. The van der Waals surface area contributed by atoms with E-state index in [0.717, 1.165) is 0 Å².